The lowest BCUT2D eigenvalue weighted by atomic mass is 9.90. The number of hydrogen-bond acceptors (Lipinski definition) is 3. The van der Waals surface area contributed by atoms with Gasteiger partial charge in [0.2, 0.25) is 5.88 Å². The van der Waals surface area contributed by atoms with E-state index in [1.165, 1.54) is 12.1 Å². The zero-order valence-corrected chi connectivity index (χ0v) is 16.8. The Kier molecular flexibility index (Phi) is 5.53. The van der Waals surface area contributed by atoms with Crippen LogP contribution in [0.2, 0.25) is 5.02 Å². The van der Waals surface area contributed by atoms with Gasteiger partial charge >= 0.3 is 6.09 Å². The minimum Gasteiger partial charge on any atom is -0.391 e. The molecule has 1 aliphatic carbocycles. The summed E-state index contributed by atoms with van der Waals surface area (Å²) in [7, 11) is 0. The number of carbonyl (C=O) groups is 1. The van der Waals surface area contributed by atoms with Crippen molar-refractivity contribution in [2.24, 2.45) is 0 Å². The summed E-state index contributed by atoms with van der Waals surface area (Å²) in [5.41, 5.74) is 4.63. The van der Waals surface area contributed by atoms with Gasteiger partial charge in [0.15, 0.2) is 0 Å². The summed E-state index contributed by atoms with van der Waals surface area (Å²) in [6, 6.07) is 12.1. The quantitative estimate of drug-likeness (QED) is 0.638. The first-order chi connectivity index (χ1) is 14.0. The molecule has 1 heterocycles. The zero-order chi connectivity index (χ0) is 20.4. The van der Waals surface area contributed by atoms with Crippen LogP contribution >= 0.6 is 11.6 Å². The van der Waals surface area contributed by atoms with E-state index in [-0.39, 0.29) is 5.82 Å². The molecule has 7 heteroatoms. The summed E-state index contributed by atoms with van der Waals surface area (Å²) in [6.45, 7) is 2.80. The van der Waals surface area contributed by atoms with E-state index in [4.69, 9.17) is 16.3 Å². The Morgan fingerprint density at radius 2 is 2.14 bits per heavy atom. The van der Waals surface area contributed by atoms with Crippen LogP contribution in [-0.2, 0) is 19.3 Å². The lowest BCUT2D eigenvalue weighted by Crippen LogP contribution is -2.35. The summed E-state index contributed by atoms with van der Waals surface area (Å²) in [4.78, 5) is 14.3. The molecule has 4 rings (SSSR count). The number of halogens is 2. The van der Waals surface area contributed by atoms with E-state index in [0.29, 0.717) is 30.4 Å². The molecule has 0 radical (unpaired) electrons. The van der Waals surface area contributed by atoms with Gasteiger partial charge in [0, 0.05) is 18.1 Å². The number of ether oxygens (including phenoxy) is 1. The number of hydrogen-bond donors (Lipinski definition) is 1. The number of aromatic nitrogens is 2. The average molecular weight is 414 g/mol. The topological polar surface area (TPSA) is 58.2 Å². The average Bonchev–Trinajstić information content (AvgIpc) is 3.11. The number of benzene rings is 2. The molecule has 2 aromatic carbocycles. The Hall–Kier alpha value is -2.86. The molecule has 1 amide bonds. The second kappa shape index (κ2) is 8.25. The van der Waals surface area contributed by atoms with E-state index in [0.717, 1.165) is 40.8 Å². The Labute approximate surface area is 173 Å². The van der Waals surface area contributed by atoms with E-state index in [1.807, 2.05) is 31.2 Å². The highest BCUT2D eigenvalue weighted by Gasteiger charge is 2.26. The van der Waals surface area contributed by atoms with Crippen LogP contribution in [-0.4, -0.2) is 34.3 Å². The van der Waals surface area contributed by atoms with Crippen LogP contribution in [0, 0.1) is 5.82 Å². The molecule has 1 N–H and O–H groups in total. The first-order valence-corrected chi connectivity index (χ1v) is 10.00. The summed E-state index contributed by atoms with van der Waals surface area (Å²) >= 11 is 6.12. The van der Waals surface area contributed by atoms with Gasteiger partial charge < -0.3 is 9.64 Å². The minimum absolute atomic E-state index is 0.281. The molecule has 5 nitrogen and oxygen atoms in total. The number of aryl methyl sites for hydroxylation is 2. The second-order valence-corrected chi connectivity index (χ2v) is 7.44. The minimum atomic E-state index is -0.462. The highest BCUT2D eigenvalue weighted by molar-refractivity contribution is 6.30. The molecule has 0 saturated heterocycles. The number of aromatic amines is 1. The van der Waals surface area contributed by atoms with Gasteiger partial charge in [-0.25, -0.2) is 14.3 Å². The Morgan fingerprint density at radius 1 is 1.28 bits per heavy atom. The first kappa shape index (κ1) is 19.5. The molecule has 1 aliphatic rings. The second-order valence-electron chi connectivity index (χ2n) is 7.00. The number of likely N-dealkylation sites (N-methyl/N-ethyl adjacent to an activating group) is 1. The number of fused-ring (bicyclic) bond motifs is 3. The van der Waals surface area contributed by atoms with Crippen molar-refractivity contribution in [1.82, 2.24) is 15.1 Å². The number of H-pyrrole nitrogens is 1. The Balaban J connectivity index is 1.50. The maximum atomic E-state index is 13.4. The van der Waals surface area contributed by atoms with Crippen LogP contribution in [0.15, 0.2) is 42.5 Å². The van der Waals surface area contributed by atoms with Crippen molar-refractivity contribution in [3.05, 3.63) is 70.1 Å². The largest absolute Gasteiger partial charge is 0.416 e. The number of nitrogens with one attached hydrogen (secondary N) is 1. The van der Waals surface area contributed by atoms with Crippen molar-refractivity contribution in [2.45, 2.75) is 26.2 Å². The third kappa shape index (κ3) is 4.12. The summed E-state index contributed by atoms with van der Waals surface area (Å²) < 4.78 is 19.0. The van der Waals surface area contributed by atoms with Crippen molar-refractivity contribution in [3.8, 4) is 17.0 Å². The van der Waals surface area contributed by atoms with Crippen molar-refractivity contribution < 1.29 is 13.9 Å². The molecular weight excluding hydrogens is 393 g/mol. The van der Waals surface area contributed by atoms with Gasteiger partial charge in [0.25, 0.3) is 0 Å². The molecule has 3 aromatic rings. The Morgan fingerprint density at radius 3 is 2.93 bits per heavy atom. The lowest BCUT2D eigenvalue weighted by molar-refractivity contribution is 0.153. The van der Waals surface area contributed by atoms with Crippen LogP contribution in [0.3, 0.4) is 0 Å². The molecular formula is C22H21ClFN3O2. The maximum Gasteiger partial charge on any atom is 0.416 e. The number of rotatable bonds is 5. The number of carbonyl (C=O) groups excluding carboxylic acids is 1. The monoisotopic (exact) mass is 413 g/mol. The van der Waals surface area contributed by atoms with Crippen LogP contribution in [0.4, 0.5) is 9.18 Å². The SMILES string of the molecule is CCN(CCc1cccc(F)c1)C(=O)Oc1[nH]nc2c1-c1ccc(Cl)cc1CC2. The highest BCUT2D eigenvalue weighted by Crippen LogP contribution is 2.39. The molecule has 0 atom stereocenters. The molecule has 0 bridgehead atoms. The fourth-order valence-corrected chi connectivity index (χ4v) is 3.84. The third-order valence-electron chi connectivity index (χ3n) is 5.16. The molecule has 29 heavy (non-hydrogen) atoms. The fourth-order valence-electron chi connectivity index (χ4n) is 3.65. The van der Waals surface area contributed by atoms with E-state index in [2.05, 4.69) is 10.2 Å². The van der Waals surface area contributed by atoms with Gasteiger partial charge in [-0.3, -0.25) is 0 Å². The van der Waals surface area contributed by atoms with Crippen LogP contribution in [0.25, 0.3) is 11.1 Å². The molecule has 1 aromatic heterocycles. The summed E-state index contributed by atoms with van der Waals surface area (Å²) in [5, 5.41) is 7.87. The van der Waals surface area contributed by atoms with Crippen LogP contribution in [0.1, 0.15) is 23.7 Å². The van der Waals surface area contributed by atoms with Crippen LogP contribution < -0.4 is 4.74 Å². The van der Waals surface area contributed by atoms with Gasteiger partial charge in [0.05, 0.1) is 11.3 Å². The normalized spacial score (nSPS) is 12.2. The van der Waals surface area contributed by atoms with E-state index < -0.39 is 6.09 Å². The molecule has 0 spiro atoms. The number of amides is 1. The van der Waals surface area contributed by atoms with Crippen molar-refractivity contribution in [2.75, 3.05) is 13.1 Å². The van der Waals surface area contributed by atoms with Gasteiger partial charge in [0.1, 0.15) is 5.82 Å². The van der Waals surface area contributed by atoms with Gasteiger partial charge in [-0.05, 0) is 67.1 Å². The molecule has 0 unspecified atom stereocenters. The van der Waals surface area contributed by atoms with Crippen molar-refractivity contribution >= 4 is 17.7 Å². The molecule has 0 fully saturated rings. The lowest BCUT2D eigenvalue weighted by Gasteiger charge is -2.21. The zero-order valence-electron chi connectivity index (χ0n) is 16.0. The summed E-state index contributed by atoms with van der Waals surface area (Å²) in [6.07, 6.45) is 1.68. The van der Waals surface area contributed by atoms with Crippen molar-refractivity contribution in [1.29, 1.82) is 0 Å². The molecule has 0 saturated carbocycles. The predicted molar refractivity (Wildman–Crippen MR) is 110 cm³/mol. The van der Waals surface area contributed by atoms with Gasteiger partial charge in [-0.15, -0.1) is 0 Å². The first-order valence-electron chi connectivity index (χ1n) is 9.62. The van der Waals surface area contributed by atoms with Gasteiger partial charge in [-0.2, -0.15) is 5.10 Å². The van der Waals surface area contributed by atoms with Crippen molar-refractivity contribution in [3.63, 3.8) is 0 Å². The molecule has 150 valence electrons. The van der Waals surface area contributed by atoms with E-state index in [1.54, 1.807) is 11.0 Å². The maximum absolute atomic E-state index is 13.4. The fraction of sp³-hybridized carbons (Fsp3) is 0.273. The van der Waals surface area contributed by atoms with Crippen LogP contribution in [0.5, 0.6) is 5.88 Å². The highest BCUT2D eigenvalue weighted by atomic mass is 35.5. The standard InChI is InChI=1S/C22H21ClFN3O2/c1-2-27(11-10-14-4-3-5-17(24)12-14)22(28)29-21-20-18-8-7-16(23)13-15(18)6-9-19(20)25-26-21/h3-5,7-8,12-13H,2,6,9-11H2,1H3,(H,25,26). The smallest absolute Gasteiger partial charge is 0.391 e. The van der Waals surface area contributed by atoms with E-state index in [9.17, 15) is 9.18 Å². The third-order valence-corrected chi connectivity index (χ3v) is 5.40. The van der Waals surface area contributed by atoms with Gasteiger partial charge in [-0.1, -0.05) is 29.8 Å². The number of nitrogens with zero attached hydrogens (tertiary/aromatic N) is 2. The Bertz CT molecular complexity index is 1050. The predicted octanol–water partition coefficient (Wildman–Crippen LogP) is 5.03. The summed E-state index contributed by atoms with van der Waals surface area (Å²) in [5.74, 6) is 0.0634. The van der Waals surface area contributed by atoms with E-state index >= 15 is 0 Å². The molecule has 0 aliphatic heterocycles.